The smallest absolute Gasteiger partial charge is 0.233 e. The van der Waals surface area contributed by atoms with Crippen LogP contribution in [0.4, 0.5) is 0 Å². The molecule has 0 saturated heterocycles. The first kappa shape index (κ1) is 16.3. The summed E-state index contributed by atoms with van der Waals surface area (Å²) in [6.45, 7) is 2.75. The molecular formula is C15H26N4OS. The van der Waals surface area contributed by atoms with E-state index in [1.54, 1.807) is 6.33 Å². The first-order chi connectivity index (χ1) is 10.2. The van der Waals surface area contributed by atoms with Gasteiger partial charge in [0.15, 0.2) is 5.16 Å². The number of hydrogen-bond acceptors (Lipinski definition) is 4. The van der Waals surface area contributed by atoms with Crippen LogP contribution in [0.25, 0.3) is 0 Å². The standard InChI is InChI=1S/C15H26N4OS/c1-12(21-15-18-17-11-19(15)2)14(20)16-10-13-8-6-4-3-5-7-9-13/h11-13H,3-10H2,1-2H3,(H,16,20)/t12-/m0/s1. The van der Waals surface area contributed by atoms with Crippen molar-refractivity contribution < 1.29 is 4.79 Å². The van der Waals surface area contributed by atoms with E-state index < -0.39 is 0 Å². The Hall–Kier alpha value is -1.04. The molecule has 1 saturated carbocycles. The second-order valence-electron chi connectivity index (χ2n) is 5.94. The fourth-order valence-electron chi connectivity index (χ4n) is 2.72. The summed E-state index contributed by atoms with van der Waals surface area (Å²) in [5.41, 5.74) is 0. The van der Waals surface area contributed by atoms with Crippen LogP contribution in [0.5, 0.6) is 0 Å². The van der Waals surface area contributed by atoms with Crippen molar-refractivity contribution in [3.63, 3.8) is 0 Å². The molecule has 1 fully saturated rings. The Morgan fingerprint density at radius 2 is 2.05 bits per heavy atom. The predicted octanol–water partition coefficient (Wildman–Crippen LogP) is 2.77. The molecule has 1 aliphatic carbocycles. The van der Waals surface area contributed by atoms with Crippen molar-refractivity contribution in [3.8, 4) is 0 Å². The Bertz CT molecular complexity index is 441. The number of rotatable bonds is 5. The van der Waals surface area contributed by atoms with Gasteiger partial charge in [0.05, 0.1) is 5.25 Å². The van der Waals surface area contributed by atoms with E-state index in [0.29, 0.717) is 5.92 Å². The lowest BCUT2D eigenvalue weighted by atomic mass is 9.91. The largest absolute Gasteiger partial charge is 0.355 e. The molecule has 6 heteroatoms. The number of aryl methyl sites for hydroxylation is 1. The number of amides is 1. The molecule has 0 radical (unpaired) electrons. The first-order valence-corrected chi connectivity index (χ1v) is 8.83. The van der Waals surface area contributed by atoms with Crippen molar-refractivity contribution in [3.05, 3.63) is 6.33 Å². The molecule has 21 heavy (non-hydrogen) atoms. The van der Waals surface area contributed by atoms with Gasteiger partial charge in [-0.15, -0.1) is 10.2 Å². The third-order valence-corrected chi connectivity index (χ3v) is 5.26. The van der Waals surface area contributed by atoms with Crippen molar-refractivity contribution in [1.82, 2.24) is 20.1 Å². The van der Waals surface area contributed by atoms with Crippen molar-refractivity contribution in [2.24, 2.45) is 13.0 Å². The highest BCUT2D eigenvalue weighted by molar-refractivity contribution is 8.00. The molecule has 0 spiro atoms. The minimum absolute atomic E-state index is 0.102. The third-order valence-electron chi connectivity index (χ3n) is 4.11. The van der Waals surface area contributed by atoms with Gasteiger partial charge in [-0.25, -0.2) is 0 Å². The van der Waals surface area contributed by atoms with Gasteiger partial charge in [-0.2, -0.15) is 0 Å². The summed E-state index contributed by atoms with van der Waals surface area (Å²) in [6.07, 6.45) is 10.9. The van der Waals surface area contributed by atoms with Gasteiger partial charge in [0.1, 0.15) is 6.33 Å². The van der Waals surface area contributed by atoms with Crippen LogP contribution in [0, 0.1) is 5.92 Å². The lowest BCUT2D eigenvalue weighted by Gasteiger charge is -2.21. The van der Waals surface area contributed by atoms with E-state index in [1.165, 1.54) is 56.7 Å². The third kappa shape index (κ3) is 5.34. The number of carbonyl (C=O) groups is 1. The zero-order chi connectivity index (χ0) is 15.1. The number of nitrogens with zero attached hydrogens (tertiary/aromatic N) is 3. The van der Waals surface area contributed by atoms with E-state index in [-0.39, 0.29) is 11.2 Å². The van der Waals surface area contributed by atoms with Crippen LogP contribution in [0.2, 0.25) is 0 Å². The van der Waals surface area contributed by atoms with Crippen LogP contribution in [-0.2, 0) is 11.8 Å². The minimum atomic E-state index is -0.138. The van der Waals surface area contributed by atoms with E-state index in [0.717, 1.165) is 11.7 Å². The van der Waals surface area contributed by atoms with Gasteiger partial charge in [-0.05, 0) is 25.7 Å². The molecule has 2 rings (SSSR count). The number of hydrogen-bond donors (Lipinski definition) is 1. The molecule has 1 atom stereocenters. The molecule has 0 bridgehead atoms. The van der Waals surface area contributed by atoms with Crippen LogP contribution in [0.1, 0.15) is 51.9 Å². The predicted molar refractivity (Wildman–Crippen MR) is 85.1 cm³/mol. The zero-order valence-electron chi connectivity index (χ0n) is 13.0. The fraction of sp³-hybridized carbons (Fsp3) is 0.800. The lowest BCUT2D eigenvalue weighted by molar-refractivity contribution is -0.120. The van der Waals surface area contributed by atoms with Gasteiger partial charge in [0, 0.05) is 13.6 Å². The number of aromatic nitrogens is 3. The van der Waals surface area contributed by atoms with E-state index in [4.69, 9.17) is 0 Å². The van der Waals surface area contributed by atoms with Crippen molar-refractivity contribution in [2.45, 2.75) is 62.3 Å². The number of nitrogens with one attached hydrogen (secondary N) is 1. The first-order valence-electron chi connectivity index (χ1n) is 7.95. The van der Waals surface area contributed by atoms with Gasteiger partial charge >= 0.3 is 0 Å². The van der Waals surface area contributed by atoms with E-state index in [9.17, 15) is 4.79 Å². The Morgan fingerprint density at radius 1 is 1.38 bits per heavy atom. The monoisotopic (exact) mass is 310 g/mol. The van der Waals surface area contributed by atoms with Crippen molar-refractivity contribution in [1.29, 1.82) is 0 Å². The maximum Gasteiger partial charge on any atom is 0.233 e. The Kier molecular flexibility index (Phi) is 6.54. The summed E-state index contributed by atoms with van der Waals surface area (Å²) in [4.78, 5) is 12.2. The number of thioether (sulfide) groups is 1. The van der Waals surface area contributed by atoms with Crippen molar-refractivity contribution in [2.75, 3.05) is 6.54 Å². The van der Waals surface area contributed by atoms with Gasteiger partial charge in [-0.1, -0.05) is 43.9 Å². The average molecular weight is 310 g/mol. The van der Waals surface area contributed by atoms with Crippen LogP contribution >= 0.6 is 11.8 Å². The van der Waals surface area contributed by atoms with Crippen LogP contribution in [-0.4, -0.2) is 32.5 Å². The summed E-state index contributed by atoms with van der Waals surface area (Å²) in [6, 6.07) is 0. The average Bonchev–Trinajstić information content (AvgIpc) is 2.82. The topological polar surface area (TPSA) is 59.8 Å². The van der Waals surface area contributed by atoms with Gasteiger partial charge in [-0.3, -0.25) is 4.79 Å². The summed E-state index contributed by atoms with van der Waals surface area (Å²) < 4.78 is 1.84. The lowest BCUT2D eigenvalue weighted by Crippen LogP contribution is -2.35. The summed E-state index contributed by atoms with van der Waals surface area (Å²) in [7, 11) is 1.89. The van der Waals surface area contributed by atoms with Crippen LogP contribution in [0.3, 0.4) is 0 Å². The zero-order valence-corrected chi connectivity index (χ0v) is 13.9. The van der Waals surface area contributed by atoms with E-state index in [2.05, 4.69) is 15.5 Å². The normalized spacial score (nSPS) is 18.8. The van der Waals surface area contributed by atoms with Crippen LogP contribution < -0.4 is 5.32 Å². The molecular weight excluding hydrogens is 284 g/mol. The van der Waals surface area contributed by atoms with Gasteiger partial charge < -0.3 is 9.88 Å². The van der Waals surface area contributed by atoms with Gasteiger partial charge in [0.2, 0.25) is 5.91 Å². The quantitative estimate of drug-likeness (QED) is 0.850. The molecule has 5 nitrogen and oxygen atoms in total. The molecule has 1 aromatic heterocycles. The second-order valence-corrected chi connectivity index (χ2v) is 7.25. The molecule has 0 unspecified atom stereocenters. The van der Waals surface area contributed by atoms with Crippen molar-refractivity contribution >= 4 is 17.7 Å². The summed E-state index contributed by atoms with van der Waals surface area (Å²) in [5.74, 6) is 0.756. The summed E-state index contributed by atoms with van der Waals surface area (Å²) >= 11 is 1.46. The van der Waals surface area contributed by atoms with E-state index in [1.807, 2.05) is 18.5 Å². The maximum absolute atomic E-state index is 12.2. The molecule has 1 amide bonds. The highest BCUT2D eigenvalue weighted by Crippen LogP contribution is 2.23. The molecule has 118 valence electrons. The molecule has 1 aromatic rings. The minimum Gasteiger partial charge on any atom is -0.355 e. The molecule has 0 aliphatic heterocycles. The molecule has 1 aliphatic rings. The summed E-state index contributed by atoms with van der Waals surface area (Å²) in [5, 5.41) is 11.6. The van der Waals surface area contributed by atoms with E-state index >= 15 is 0 Å². The number of carbonyl (C=O) groups excluding carboxylic acids is 1. The SMILES string of the molecule is C[C@H](Sc1nncn1C)C(=O)NCC1CCCCCCC1. The van der Waals surface area contributed by atoms with Crippen LogP contribution in [0.15, 0.2) is 11.5 Å². The highest BCUT2D eigenvalue weighted by Gasteiger charge is 2.18. The fourth-order valence-corrected chi connectivity index (χ4v) is 3.54. The maximum atomic E-state index is 12.2. The molecule has 1 N–H and O–H groups in total. The molecule has 0 aromatic carbocycles. The Labute approximate surface area is 131 Å². The second kappa shape index (κ2) is 8.41. The highest BCUT2D eigenvalue weighted by atomic mass is 32.2. The Balaban J connectivity index is 1.74. The molecule has 1 heterocycles. The van der Waals surface area contributed by atoms with Gasteiger partial charge in [0.25, 0.3) is 0 Å². The Morgan fingerprint density at radius 3 is 2.67 bits per heavy atom.